The molecule has 0 nitrogen and oxygen atoms in total. The number of hydrogen-bond acceptors (Lipinski definition) is 1. The highest BCUT2D eigenvalue weighted by Crippen LogP contribution is 2.03. The van der Waals surface area contributed by atoms with Crippen LogP contribution in [0.3, 0.4) is 0 Å². The third-order valence-corrected chi connectivity index (χ3v) is 1.36. The summed E-state index contributed by atoms with van der Waals surface area (Å²) < 4.78 is 0. The van der Waals surface area contributed by atoms with Gasteiger partial charge in [-0.3, -0.25) is 0 Å². The lowest BCUT2D eigenvalue weighted by atomic mass is 10.2. The molecule has 0 aromatic heterocycles. The summed E-state index contributed by atoms with van der Waals surface area (Å²) in [6, 6.07) is 0. The zero-order valence-corrected chi connectivity index (χ0v) is 7.49. The predicted molar refractivity (Wildman–Crippen MR) is 51.6 cm³/mol. The molecule has 0 bridgehead atoms. The van der Waals surface area contributed by atoms with Crippen molar-refractivity contribution >= 4 is 12.6 Å². The number of hydrogen-bond donors (Lipinski definition) is 1. The first kappa shape index (κ1) is 9.57. The SMILES string of the molecule is C=C(C)/C=C(\C=C/C)CS. The first-order valence-electron chi connectivity index (χ1n) is 3.30. The van der Waals surface area contributed by atoms with Gasteiger partial charge >= 0.3 is 0 Å². The fourth-order valence-electron chi connectivity index (χ4n) is 0.677. The molecule has 10 heavy (non-hydrogen) atoms. The van der Waals surface area contributed by atoms with Crippen molar-refractivity contribution in [3.63, 3.8) is 0 Å². The van der Waals surface area contributed by atoms with Gasteiger partial charge in [0.1, 0.15) is 0 Å². The molecule has 0 saturated heterocycles. The Balaban J connectivity index is 4.18. The average Bonchev–Trinajstić information content (AvgIpc) is 1.86. The van der Waals surface area contributed by atoms with E-state index in [-0.39, 0.29) is 0 Å². The molecule has 0 spiro atoms. The molecule has 0 atom stereocenters. The summed E-state index contributed by atoms with van der Waals surface area (Å²) in [5, 5.41) is 0. The maximum absolute atomic E-state index is 4.16. The van der Waals surface area contributed by atoms with Crippen LogP contribution in [-0.2, 0) is 0 Å². The highest BCUT2D eigenvalue weighted by molar-refractivity contribution is 7.80. The third-order valence-electron chi connectivity index (χ3n) is 0.995. The van der Waals surface area contributed by atoms with E-state index in [9.17, 15) is 0 Å². The summed E-state index contributed by atoms with van der Waals surface area (Å²) in [7, 11) is 0. The molecule has 0 saturated carbocycles. The molecule has 0 unspecified atom stereocenters. The normalized spacial score (nSPS) is 12.5. The van der Waals surface area contributed by atoms with Gasteiger partial charge in [0, 0.05) is 5.75 Å². The summed E-state index contributed by atoms with van der Waals surface area (Å²) >= 11 is 4.16. The lowest BCUT2D eigenvalue weighted by Gasteiger charge is -1.94. The Morgan fingerprint density at radius 1 is 1.60 bits per heavy atom. The molecule has 0 aliphatic heterocycles. The van der Waals surface area contributed by atoms with Gasteiger partial charge in [-0.05, 0) is 19.4 Å². The Kier molecular flexibility index (Phi) is 5.13. The van der Waals surface area contributed by atoms with E-state index in [4.69, 9.17) is 0 Å². The number of rotatable bonds is 3. The topological polar surface area (TPSA) is 0 Å². The quantitative estimate of drug-likeness (QED) is 0.469. The highest BCUT2D eigenvalue weighted by Gasteiger charge is 1.85. The largest absolute Gasteiger partial charge is 0.175 e. The van der Waals surface area contributed by atoms with Gasteiger partial charge in [0.15, 0.2) is 0 Å². The molecule has 0 aliphatic carbocycles. The third kappa shape index (κ3) is 4.45. The van der Waals surface area contributed by atoms with Crippen molar-refractivity contribution in [1.29, 1.82) is 0 Å². The summed E-state index contributed by atoms with van der Waals surface area (Å²) in [5.74, 6) is 0.775. The van der Waals surface area contributed by atoms with E-state index in [0.29, 0.717) is 0 Å². The molecule has 0 amide bonds. The first-order chi connectivity index (χ1) is 4.70. The molecule has 0 fully saturated rings. The molecule has 0 heterocycles. The maximum atomic E-state index is 4.16. The second kappa shape index (κ2) is 5.36. The van der Waals surface area contributed by atoms with E-state index < -0.39 is 0 Å². The van der Waals surface area contributed by atoms with Crippen LogP contribution in [0.4, 0.5) is 0 Å². The molecule has 0 aromatic carbocycles. The van der Waals surface area contributed by atoms with Gasteiger partial charge in [0.25, 0.3) is 0 Å². The lowest BCUT2D eigenvalue weighted by Crippen LogP contribution is -1.79. The Hall–Kier alpha value is -0.430. The second-order valence-corrected chi connectivity index (χ2v) is 2.54. The molecule has 1 heteroatoms. The first-order valence-corrected chi connectivity index (χ1v) is 3.93. The molecule has 0 N–H and O–H groups in total. The molecular weight excluding hydrogens is 140 g/mol. The van der Waals surface area contributed by atoms with Crippen LogP contribution in [0.25, 0.3) is 0 Å². The zero-order chi connectivity index (χ0) is 7.98. The van der Waals surface area contributed by atoms with Crippen molar-refractivity contribution in [2.24, 2.45) is 0 Å². The van der Waals surface area contributed by atoms with Gasteiger partial charge in [-0.25, -0.2) is 0 Å². The number of thiol groups is 1. The fourth-order valence-corrected chi connectivity index (χ4v) is 0.874. The predicted octanol–water partition coefficient (Wildman–Crippen LogP) is 2.99. The highest BCUT2D eigenvalue weighted by atomic mass is 32.1. The van der Waals surface area contributed by atoms with Gasteiger partial charge in [-0.1, -0.05) is 30.4 Å². The Morgan fingerprint density at radius 2 is 2.20 bits per heavy atom. The van der Waals surface area contributed by atoms with E-state index in [1.807, 2.05) is 32.1 Å². The average molecular weight is 154 g/mol. The minimum absolute atomic E-state index is 0.775. The second-order valence-electron chi connectivity index (χ2n) is 2.22. The van der Waals surface area contributed by atoms with Gasteiger partial charge in [0.2, 0.25) is 0 Å². The van der Waals surface area contributed by atoms with Crippen LogP contribution < -0.4 is 0 Å². The van der Waals surface area contributed by atoms with Crippen molar-refractivity contribution in [2.75, 3.05) is 5.75 Å². The van der Waals surface area contributed by atoms with Gasteiger partial charge in [0.05, 0.1) is 0 Å². The lowest BCUT2D eigenvalue weighted by molar-refractivity contribution is 1.46. The van der Waals surface area contributed by atoms with Crippen LogP contribution in [0.1, 0.15) is 13.8 Å². The summed E-state index contributed by atoms with van der Waals surface area (Å²) in [6.07, 6.45) is 6.08. The van der Waals surface area contributed by atoms with Crippen LogP contribution in [0.15, 0.2) is 36.0 Å². The van der Waals surface area contributed by atoms with Gasteiger partial charge in [-0.15, -0.1) is 0 Å². The van der Waals surface area contributed by atoms with E-state index in [0.717, 1.165) is 11.3 Å². The van der Waals surface area contributed by atoms with Crippen molar-refractivity contribution in [3.05, 3.63) is 36.0 Å². The van der Waals surface area contributed by atoms with Crippen molar-refractivity contribution in [2.45, 2.75) is 13.8 Å². The van der Waals surface area contributed by atoms with E-state index >= 15 is 0 Å². The van der Waals surface area contributed by atoms with Crippen LogP contribution in [0, 0.1) is 0 Å². The van der Waals surface area contributed by atoms with Crippen molar-refractivity contribution in [3.8, 4) is 0 Å². The standard InChI is InChI=1S/C9H14S/c1-4-5-9(7-10)6-8(2)3/h4-6,10H,2,7H2,1,3H3/b5-4-,9-6+. The van der Waals surface area contributed by atoms with Crippen LogP contribution in [0.5, 0.6) is 0 Å². The van der Waals surface area contributed by atoms with E-state index in [2.05, 4.69) is 19.2 Å². The Bertz CT molecular complexity index is 164. The van der Waals surface area contributed by atoms with Gasteiger partial charge < -0.3 is 0 Å². The minimum atomic E-state index is 0.775. The molecule has 56 valence electrons. The fraction of sp³-hybridized carbons (Fsp3) is 0.333. The van der Waals surface area contributed by atoms with Crippen LogP contribution in [-0.4, -0.2) is 5.75 Å². The van der Waals surface area contributed by atoms with Crippen LogP contribution >= 0.6 is 12.6 Å². The Morgan fingerprint density at radius 3 is 2.50 bits per heavy atom. The van der Waals surface area contributed by atoms with E-state index in [1.165, 1.54) is 5.57 Å². The number of allylic oxidation sites excluding steroid dienone is 4. The minimum Gasteiger partial charge on any atom is -0.175 e. The molecular formula is C9H14S. The summed E-state index contributed by atoms with van der Waals surface area (Å²) in [4.78, 5) is 0. The van der Waals surface area contributed by atoms with E-state index in [1.54, 1.807) is 0 Å². The Labute approximate surface area is 68.7 Å². The summed E-state index contributed by atoms with van der Waals surface area (Å²) in [6.45, 7) is 7.76. The molecule has 0 radical (unpaired) electrons. The molecule has 0 rings (SSSR count). The van der Waals surface area contributed by atoms with Crippen LogP contribution in [0.2, 0.25) is 0 Å². The van der Waals surface area contributed by atoms with Gasteiger partial charge in [-0.2, -0.15) is 12.6 Å². The molecule has 0 aromatic rings. The molecule has 0 aliphatic rings. The monoisotopic (exact) mass is 154 g/mol. The van der Waals surface area contributed by atoms with Crippen molar-refractivity contribution < 1.29 is 0 Å². The zero-order valence-electron chi connectivity index (χ0n) is 6.59. The maximum Gasteiger partial charge on any atom is 0.0154 e. The summed E-state index contributed by atoms with van der Waals surface area (Å²) in [5.41, 5.74) is 2.28. The smallest absolute Gasteiger partial charge is 0.0154 e. The van der Waals surface area contributed by atoms with Crippen molar-refractivity contribution in [1.82, 2.24) is 0 Å².